The van der Waals surface area contributed by atoms with Crippen LogP contribution in [0.2, 0.25) is 0 Å². The Hall–Kier alpha value is -2.38. The first-order valence-corrected chi connectivity index (χ1v) is 10.5. The summed E-state index contributed by atoms with van der Waals surface area (Å²) in [6.45, 7) is 3.87. The highest BCUT2D eigenvalue weighted by Crippen LogP contribution is 2.22. The molecule has 2 aromatic carbocycles. The summed E-state index contributed by atoms with van der Waals surface area (Å²) in [7, 11) is -2.16. The Morgan fingerprint density at radius 1 is 1.11 bits per heavy atom. The van der Waals surface area contributed by atoms with Crippen molar-refractivity contribution in [3.05, 3.63) is 60.2 Å². The Morgan fingerprint density at radius 2 is 1.78 bits per heavy atom. The number of nitrogens with zero attached hydrogens (tertiary/aromatic N) is 1. The van der Waals surface area contributed by atoms with Gasteiger partial charge in [-0.2, -0.15) is 0 Å². The number of anilines is 1. The van der Waals surface area contributed by atoms with E-state index in [0.717, 1.165) is 19.5 Å². The molecular formula is C20H25N3O3S. The van der Waals surface area contributed by atoms with Crippen molar-refractivity contribution in [3.8, 4) is 0 Å². The topological polar surface area (TPSA) is 78.5 Å². The molecule has 144 valence electrons. The van der Waals surface area contributed by atoms with Gasteiger partial charge in [0.2, 0.25) is 0 Å². The van der Waals surface area contributed by atoms with Gasteiger partial charge in [0.15, 0.2) is 0 Å². The van der Waals surface area contributed by atoms with Crippen LogP contribution in [0, 0.1) is 5.92 Å². The minimum atomic E-state index is -3.68. The first-order valence-electron chi connectivity index (χ1n) is 9.05. The van der Waals surface area contributed by atoms with Crippen molar-refractivity contribution in [2.45, 2.75) is 24.3 Å². The summed E-state index contributed by atoms with van der Waals surface area (Å²) in [6.07, 6.45) is 0.890. The largest absolute Gasteiger partial charge is 0.349 e. The summed E-state index contributed by atoms with van der Waals surface area (Å²) < 4.78 is 26.8. The van der Waals surface area contributed by atoms with E-state index < -0.39 is 10.0 Å². The van der Waals surface area contributed by atoms with Crippen LogP contribution in [-0.4, -0.2) is 40.5 Å². The fourth-order valence-electron chi connectivity index (χ4n) is 3.19. The Balaban J connectivity index is 1.73. The van der Waals surface area contributed by atoms with Gasteiger partial charge in [0.25, 0.3) is 15.9 Å². The zero-order valence-electron chi connectivity index (χ0n) is 15.6. The molecule has 0 bridgehead atoms. The molecule has 7 heteroatoms. The summed E-state index contributed by atoms with van der Waals surface area (Å²) >= 11 is 0. The van der Waals surface area contributed by atoms with E-state index in [2.05, 4.69) is 17.6 Å². The van der Waals surface area contributed by atoms with Crippen molar-refractivity contribution >= 4 is 21.6 Å². The molecule has 0 saturated carbocycles. The van der Waals surface area contributed by atoms with Gasteiger partial charge in [-0.3, -0.25) is 9.10 Å². The van der Waals surface area contributed by atoms with E-state index in [1.165, 1.54) is 23.5 Å². The van der Waals surface area contributed by atoms with Crippen molar-refractivity contribution < 1.29 is 13.2 Å². The second kappa shape index (κ2) is 8.10. The summed E-state index contributed by atoms with van der Waals surface area (Å²) in [6, 6.07) is 15.1. The summed E-state index contributed by atoms with van der Waals surface area (Å²) in [4.78, 5) is 12.6. The summed E-state index contributed by atoms with van der Waals surface area (Å²) in [5.74, 6) is 0.191. The predicted octanol–water partition coefficient (Wildman–Crippen LogP) is 2.24. The summed E-state index contributed by atoms with van der Waals surface area (Å²) in [5, 5.41) is 6.36. The van der Waals surface area contributed by atoms with Crippen LogP contribution in [0.25, 0.3) is 0 Å². The number of sulfonamides is 1. The molecule has 2 aromatic rings. The molecule has 2 atom stereocenters. The number of amides is 1. The Morgan fingerprint density at radius 3 is 2.41 bits per heavy atom. The van der Waals surface area contributed by atoms with Crippen LogP contribution in [0.3, 0.4) is 0 Å². The van der Waals surface area contributed by atoms with Crippen molar-refractivity contribution in [2.24, 2.45) is 5.92 Å². The lowest BCUT2D eigenvalue weighted by atomic mass is 9.95. The quantitative estimate of drug-likeness (QED) is 0.825. The number of carbonyl (C=O) groups excluding carboxylic acids is 1. The molecule has 0 radical (unpaired) electrons. The molecule has 1 amide bonds. The van der Waals surface area contributed by atoms with E-state index in [0.29, 0.717) is 17.2 Å². The molecule has 2 unspecified atom stereocenters. The van der Waals surface area contributed by atoms with E-state index in [1.807, 2.05) is 6.07 Å². The minimum absolute atomic E-state index is 0.131. The van der Waals surface area contributed by atoms with Crippen molar-refractivity contribution in [1.29, 1.82) is 0 Å². The van der Waals surface area contributed by atoms with Gasteiger partial charge in [-0.05, 0) is 61.8 Å². The molecule has 3 rings (SSSR count). The zero-order chi connectivity index (χ0) is 19.4. The third kappa shape index (κ3) is 4.31. The van der Waals surface area contributed by atoms with Crippen LogP contribution in [-0.2, 0) is 10.0 Å². The maximum absolute atomic E-state index is 12.8. The van der Waals surface area contributed by atoms with Crippen LogP contribution in [0.4, 0.5) is 5.69 Å². The van der Waals surface area contributed by atoms with Crippen molar-refractivity contribution in [2.75, 3.05) is 24.4 Å². The van der Waals surface area contributed by atoms with E-state index in [-0.39, 0.29) is 16.8 Å². The van der Waals surface area contributed by atoms with Crippen LogP contribution in [0.5, 0.6) is 0 Å². The smallest absolute Gasteiger partial charge is 0.264 e. The highest BCUT2D eigenvalue weighted by molar-refractivity contribution is 7.92. The molecule has 1 aliphatic rings. The van der Waals surface area contributed by atoms with Crippen molar-refractivity contribution in [1.82, 2.24) is 10.6 Å². The van der Waals surface area contributed by atoms with Crippen LogP contribution >= 0.6 is 0 Å². The van der Waals surface area contributed by atoms with Crippen LogP contribution in [0.15, 0.2) is 59.5 Å². The fourth-order valence-corrected chi connectivity index (χ4v) is 4.39. The molecule has 0 spiro atoms. The van der Waals surface area contributed by atoms with Crippen molar-refractivity contribution in [3.63, 3.8) is 0 Å². The SMILES string of the molecule is CC1CNCCC1NC(=O)c1ccc(S(=O)(=O)N(C)c2ccccc2)cc1. The maximum atomic E-state index is 12.8. The maximum Gasteiger partial charge on any atom is 0.264 e. The molecule has 0 aromatic heterocycles. The molecule has 27 heavy (non-hydrogen) atoms. The van der Waals surface area contributed by atoms with E-state index >= 15 is 0 Å². The second-order valence-electron chi connectivity index (χ2n) is 6.88. The third-order valence-electron chi connectivity index (χ3n) is 5.00. The number of para-hydroxylation sites is 1. The zero-order valence-corrected chi connectivity index (χ0v) is 16.4. The van der Waals surface area contributed by atoms with Gasteiger partial charge in [0.1, 0.15) is 0 Å². The Labute approximate surface area is 160 Å². The number of piperidine rings is 1. The number of benzene rings is 2. The highest BCUT2D eigenvalue weighted by Gasteiger charge is 2.24. The number of carbonyl (C=O) groups is 1. The van der Waals surface area contributed by atoms with Gasteiger partial charge in [0.05, 0.1) is 10.6 Å². The fraction of sp³-hybridized carbons (Fsp3) is 0.350. The Bertz CT molecular complexity index is 882. The molecule has 0 aliphatic carbocycles. The number of nitrogens with one attached hydrogen (secondary N) is 2. The van der Waals surface area contributed by atoms with Gasteiger partial charge >= 0.3 is 0 Å². The average molecular weight is 388 g/mol. The van der Waals surface area contributed by atoms with Gasteiger partial charge in [-0.1, -0.05) is 25.1 Å². The molecule has 6 nitrogen and oxygen atoms in total. The lowest BCUT2D eigenvalue weighted by Crippen LogP contribution is -2.48. The first kappa shape index (κ1) is 19.4. The molecular weight excluding hydrogens is 362 g/mol. The molecule has 1 fully saturated rings. The first-order chi connectivity index (χ1) is 12.9. The number of hydrogen-bond donors (Lipinski definition) is 2. The van der Waals surface area contributed by atoms with Gasteiger partial charge in [-0.25, -0.2) is 8.42 Å². The molecule has 1 saturated heterocycles. The lowest BCUT2D eigenvalue weighted by Gasteiger charge is -2.30. The average Bonchev–Trinajstić information content (AvgIpc) is 2.70. The highest BCUT2D eigenvalue weighted by atomic mass is 32.2. The van der Waals surface area contributed by atoms with Gasteiger partial charge in [0, 0.05) is 18.7 Å². The Kier molecular flexibility index (Phi) is 5.82. The normalized spacial score (nSPS) is 20.1. The monoisotopic (exact) mass is 387 g/mol. The molecule has 2 N–H and O–H groups in total. The molecule has 1 heterocycles. The minimum Gasteiger partial charge on any atom is -0.349 e. The standard InChI is InChI=1S/C20H25N3O3S/c1-15-14-21-13-12-19(15)22-20(24)16-8-10-18(11-9-16)27(25,26)23(2)17-6-4-3-5-7-17/h3-11,15,19,21H,12-14H2,1-2H3,(H,22,24). The van der Waals surface area contributed by atoms with E-state index in [4.69, 9.17) is 0 Å². The van der Waals surface area contributed by atoms with Gasteiger partial charge in [-0.15, -0.1) is 0 Å². The second-order valence-corrected chi connectivity index (χ2v) is 8.85. The predicted molar refractivity (Wildman–Crippen MR) is 106 cm³/mol. The van der Waals surface area contributed by atoms with Crippen LogP contribution < -0.4 is 14.9 Å². The molecule has 1 aliphatic heterocycles. The summed E-state index contributed by atoms with van der Waals surface area (Å²) in [5.41, 5.74) is 1.04. The number of hydrogen-bond acceptors (Lipinski definition) is 4. The van der Waals surface area contributed by atoms with Gasteiger partial charge < -0.3 is 10.6 Å². The third-order valence-corrected chi connectivity index (χ3v) is 6.80. The number of rotatable bonds is 5. The van der Waals surface area contributed by atoms with E-state index in [9.17, 15) is 13.2 Å². The van der Waals surface area contributed by atoms with Crippen LogP contribution in [0.1, 0.15) is 23.7 Å². The lowest BCUT2D eigenvalue weighted by molar-refractivity contribution is 0.0914. The van der Waals surface area contributed by atoms with E-state index in [1.54, 1.807) is 36.4 Å².